The summed E-state index contributed by atoms with van der Waals surface area (Å²) in [7, 11) is 0. The van der Waals surface area contributed by atoms with Crippen molar-refractivity contribution in [1.82, 2.24) is 0 Å². The molecule has 0 rings (SSSR count). The fourth-order valence-electron chi connectivity index (χ4n) is 0.608. The van der Waals surface area contributed by atoms with Gasteiger partial charge < -0.3 is 0 Å². The first-order chi connectivity index (χ1) is 5.72. The second-order valence-corrected chi connectivity index (χ2v) is 2.14. The standard InChI is InChI=1S/C8H8O4/c9-5-1-3-7(11)8(12)4-2-6-10/h1-4H2. The van der Waals surface area contributed by atoms with Crippen molar-refractivity contribution < 1.29 is 19.2 Å². The second kappa shape index (κ2) is 6.39. The number of carbonyl (C=O) groups excluding carboxylic acids is 4. The number of ketones is 2. The van der Waals surface area contributed by atoms with Gasteiger partial charge in [-0.2, -0.15) is 0 Å². The smallest absolute Gasteiger partial charge is 0.198 e. The van der Waals surface area contributed by atoms with Gasteiger partial charge in [0.15, 0.2) is 24.1 Å². The summed E-state index contributed by atoms with van der Waals surface area (Å²) < 4.78 is 0. The SMILES string of the molecule is O=[C]CCC(=O)C(=O)CC[C]=O. The third-order valence-corrected chi connectivity index (χ3v) is 1.22. The highest BCUT2D eigenvalue weighted by atomic mass is 16.2. The summed E-state index contributed by atoms with van der Waals surface area (Å²) in [5, 5.41) is 0. The highest BCUT2D eigenvalue weighted by Crippen LogP contribution is 1.95. The van der Waals surface area contributed by atoms with Crippen LogP contribution in [-0.4, -0.2) is 24.1 Å². The third kappa shape index (κ3) is 4.49. The van der Waals surface area contributed by atoms with Crippen molar-refractivity contribution in [2.45, 2.75) is 25.7 Å². The van der Waals surface area contributed by atoms with Crippen molar-refractivity contribution in [3.05, 3.63) is 0 Å². The lowest BCUT2D eigenvalue weighted by Crippen LogP contribution is -2.13. The molecule has 0 spiro atoms. The van der Waals surface area contributed by atoms with E-state index in [2.05, 4.69) is 0 Å². The minimum absolute atomic E-state index is 0.0601. The number of Topliss-reactive ketones (excluding diaryl/α,β-unsaturated/α-hetero) is 2. The van der Waals surface area contributed by atoms with Crippen molar-refractivity contribution in [2.75, 3.05) is 0 Å². The van der Waals surface area contributed by atoms with Crippen molar-refractivity contribution in [3.8, 4) is 0 Å². The zero-order valence-electron chi connectivity index (χ0n) is 6.46. The predicted molar refractivity (Wildman–Crippen MR) is 39.9 cm³/mol. The Morgan fingerprint density at radius 3 is 1.42 bits per heavy atom. The van der Waals surface area contributed by atoms with Gasteiger partial charge in [0.1, 0.15) is 0 Å². The molecule has 0 aromatic heterocycles. The predicted octanol–water partition coefficient (Wildman–Crippen LogP) is -0.0956. The van der Waals surface area contributed by atoms with Crippen molar-refractivity contribution in [3.63, 3.8) is 0 Å². The molecule has 0 N–H and O–H groups in total. The molecule has 0 fully saturated rings. The number of carbonyl (C=O) groups is 2. The maximum Gasteiger partial charge on any atom is 0.198 e. The molecule has 0 aliphatic rings. The maximum atomic E-state index is 10.7. The minimum Gasteiger partial charge on any atom is -0.291 e. The summed E-state index contributed by atoms with van der Waals surface area (Å²) in [5.74, 6) is -1.23. The lowest BCUT2D eigenvalue weighted by molar-refractivity contribution is -0.136. The fraction of sp³-hybridized carbons (Fsp3) is 0.500. The van der Waals surface area contributed by atoms with Gasteiger partial charge in [0.05, 0.1) is 0 Å². The van der Waals surface area contributed by atoms with Crippen LogP contribution in [0.5, 0.6) is 0 Å². The first-order valence-corrected chi connectivity index (χ1v) is 3.48. The molecule has 0 saturated heterocycles. The van der Waals surface area contributed by atoms with Gasteiger partial charge in [-0.15, -0.1) is 0 Å². The largest absolute Gasteiger partial charge is 0.291 e. The van der Waals surface area contributed by atoms with E-state index in [4.69, 9.17) is 0 Å². The van der Waals surface area contributed by atoms with E-state index >= 15 is 0 Å². The molecule has 0 bridgehead atoms. The molecule has 0 aliphatic heterocycles. The van der Waals surface area contributed by atoms with E-state index in [1.54, 1.807) is 0 Å². The van der Waals surface area contributed by atoms with Crippen LogP contribution in [0.15, 0.2) is 0 Å². The average molecular weight is 168 g/mol. The van der Waals surface area contributed by atoms with Crippen LogP contribution in [0.4, 0.5) is 0 Å². The van der Waals surface area contributed by atoms with Gasteiger partial charge in [-0.25, -0.2) is 0 Å². The first-order valence-electron chi connectivity index (χ1n) is 3.48. The molecule has 2 radical (unpaired) electrons. The quantitative estimate of drug-likeness (QED) is 0.498. The monoisotopic (exact) mass is 168 g/mol. The Morgan fingerprint density at radius 1 is 0.833 bits per heavy atom. The van der Waals surface area contributed by atoms with Crippen LogP contribution in [0.25, 0.3) is 0 Å². The van der Waals surface area contributed by atoms with E-state index in [9.17, 15) is 19.2 Å². The van der Waals surface area contributed by atoms with Crippen LogP contribution in [-0.2, 0) is 19.2 Å². The zero-order chi connectivity index (χ0) is 9.40. The molecular weight excluding hydrogens is 160 g/mol. The number of rotatable bonds is 7. The molecular formula is C8H8O4. The van der Waals surface area contributed by atoms with Gasteiger partial charge in [0.2, 0.25) is 0 Å². The van der Waals surface area contributed by atoms with Crippen LogP contribution in [0.1, 0.15) is 25.7 Å². The van der Waals surface area contributed by atoms with E-state index in [1.165, 1.54) is 12.6 Å². The Labute approximate surface area is 69.9 Å². The summed E-state index contributed by atoms with van der Waals surface area (Å²) in [6, 6.07) is 0. The van der Waals surface area contributed by atoms with Crippen LogP contribution >= 0.6 is 0 Å². The van der Waals surface area contributed by atoms with E-state index in [0.29, 0.717) is 0 Å². The lowest BCUT2D eigenvalue weighted by Gasteiger charge is -1.92. The zero-order valence-corrected chi connectivity index (χ0v) is 6.46. The molecule has 4 nitrogen and oxygen atoms in total. The van der Waals surface area contributed by atoms with Gasteiger partial charge in [-0.3, -0.25) is 19.2 Å². The van der Waals surface area contributed by atoms with E-state index in [1.807, 2.05) is 0 Å². The van der Waals surface area contributed by atoms with Crippen LogP contribution < -0.4 is 0 Å². The molecule has 0 unspecified atom stereocenters. The summed E-state index contributed by atoms with van der Waals surface area (Å²) >= 11 is 0. The molecule has 64 valence electrons. The topological polar surface area (TPSA) is 68.3 Å². The molecule has 0 aromatic carbocycles. The lowest BCUT2D eigenvalue weighted by atomic mass is 10.1. The van der Waals surface area contributed by atoms with Crippen LogP contribution in [0, 0.1) is 0 Å². The Hall–Kier alpha value is -1.32. The second-order valence-electron chi connectivity index (χ2n) is 2.14. The highest BCUT2D eigenvalue weighted by molar-refractivity contribution is 6.37. The fourth-order valence-corrected chi connectivity index (χ4v) is 0.608. The Morgan fingerprint density at radius 2 is 1.17 bits per heavy atom. The van der Waals surface area contributed by atoms with Crippen molar-refractivity contribution >= 4 is 24.1 Å². The molecule has 0 atom stereocenters. The minimum atomic E-state index is -0.617. The maximum absolute atomic E-state index is 10.7. The van der Waals surface area contributed by atoms with E-state index < -0.39 is 11.6 Å². The summed E-state index contributed by atoms with van der Waals surface area (Å²) in [4.78, 5) is 40.9. The van der Waals surface area contributed by atoms with E-state index in [0.717, 1.165) is 0 Å². The molecule has 12 heavy (non-hydrogen) atoms. The normalized spacial score (nSPS) is 9.00. The first kappa shape index (κ1) is 10.7. The average Bonchev–Trinajstić information content (AvgIpc) is 2.10. The highest BCUT2D eigenvalue weighted by Gasteiger charge is 2.12. The van der Waals surface area contributed by atoms with Gasteiger partial charge in [0, 0.05) is 25.7 Å². The molecule has 0 aliphatic carbocycles. The van der Waals surface area contributed by atoms with Crippen molar-refractivity contribution in [1.29, 1.82) is 0 Å². The third-order valence-electron chi connectivity index (χ3n) is 1.22. The molecule has 0 heterocycles. The summed E-state index contributed by atoms with van der Waals surface area (Å²) in [6.07, 6.45) is 2.68. The Balaban J connectivity index is 3.68. The van der Waals surface area contributed by atoms with Gasteiger partial charge in [-0.05, 0) is 0 Å². The molecule has 4 heteroatoms. The van der Waals surface area contributed by atoms with Crippen LogP contribution in [0.3, 0.4) is 0 Å². The number of hydrogen-bond acceptors (Lipinski definition) is 4. The van der Waals surface area contributed by atoms with Gasteiger partial charge in [-0.1, -0.05) is 0 Å². The van der Waals surface area contributed by atoms with Crippen molar-refractivity contribution in [2.24, 2.45) is 0 Å². The van der Waals surface area contributed by atoms with E-state index in [-0.39, 0.29) is 25.7 Å². The summed E-state index contributed by atoms with van der Waals surface area (Å²) in [5.41, 5.74) is 0. The van der Waals surface area contributed by atoms with Gasteiger partial charge >= 0.3 is 0 Å². The molecule has 0 amide bonds. The van der Waals surface area contributed by atoms with Crippen LogP contribution in [0.2, 0.25) is 0 Å². The Bertz CT molecular complexity index is 173. The summed E-state index contributed by atoms with van der Waals surface area (Å²) in [6.45, 7) is 0. The number of hydrogen-bond donors (Lipinski definition) is 0. The molecule has 0 aromatic rings. The Kier molecular flexibility index (Phi) is 5.69. The molecule has 0 saturated carbocycles. The van der Waals surface area contributed by atoms with Gasteiger partial charge in [0.25, 0.3) is 0 Å².